The van der Waals surface area contributed by atoms with Gasteiger partial charge in [-0.3, -0.25) is 0 Å². The second-order valence-electron chi connectivity index (χ2n) is 3.86. The van der Waals surface area contributed by atoms with Crippen LogP contribution in [-0.4, -0.2) is 20.8 Å². The standard InChI is InChI=1S/C13H21NO2/c1-5-10-11(9(2)8-14)6-7-12(15-3)13(10)16-4/h6-7,9H,5,8,14H2,1-4H3. The summed E-state index contributed by atoms with van der Waals surface area (Å²) in [6.45, 7) is 4.88. The van der Waals surface area contributed by atoms with E-state index in [9.17, 15) is 0 Å². The van der Waals surface area contributed by atoms with Crippen molar-refractivity contribution in [2.24, 2.45) is 5.73 Å². The number of hydrogen-bond acceptors (Lipinski definition) is 3. The topological polar surface area (TPSA) is 44.5 Å². The molecular weight excluding hydrogens is 202 g/mol. The Morgan fingerprint density at radius 2 is 1.94 bits per heavy atom. The minimum absolute atomic E-state index is 0.342. The van der Waals surface area contributed by atoms with E-state index in [4.69, 9.17) is 15.2 Å². The minimum Gasteiger partial charge on any atom is -0.493 e. The van der Waals surface area contributed by atoms with Crippen molar-refractivity contribution in [1.82, 2.24) is 0 Å². The van der Waals surface area contributed by atoms with Crippen LogP contribution in [-0.2, 0) is 6.42 Å². The summed E-state index contributed by atoms with van der Waals surface area (Å²) >= 11 is 0. The zero-order chi connectivity index (χ0) is 12.1. The van der Waals surface area contributed by atoms with Crippen LogP contribution in [0.3, 0.4) is 0 Å². The van der Waals surface area contributed by atoms with E-state index < -0.39 is 0 Å². The van der Waals surface area contributed by atoms with Crippen molar-refractivity contribution in [2.45, 2.75) is 26.2 Å². The van der Waals surface area contributed by atoms with E-state index in [0.29, 0.717) is 12.5 Å². The van der Waals surface area contributed by atoms with Gasteiger partial charge in [-0.1, -0.05) is 19.9 Å². The highest BCUT2D eigenvalue weighted by Crippen LogP contribution is 2.36. The quantitative estimate of drug-likeness (QED) is 0.833. The molecule has 2 N–H and O–H groups in total. The molecule has 0 spiro atoms. The van der Waals surface area contributed by atoms with Gasteiger partial charge in [0, 0.05) is 5.56 Å². The van der Waals surface area contributed by atoms with Gasteiger partial charge in [-0.25, -0.2) is 0 Å². The van der Waals surface area contributed by atoms with Gasteiger partial charge in [0.05, 0.1) is 14.2 Å². The Bertz CT molecular complexity index is 350. The Kier molecular flexibility index (Phi) is 4.62. The molecular formula is C13H21NO2. The summed E-state index contributed by atoms with van der Waals surface area (Å²) in [5.74, 6) is 1.96. The van der Waals surface area contributed by atoms with Crippen LogP contribution in [0.2, 0.25) is 0 Å². The molecule has 1 unspecified atom stereocenters. The highest BCUT2D eigenvalue weighted by Gasteiger charge is 2.16. The van der Waals surface area contributed by atoms with Crippen LogP contribution in [0, 0.1) is 0 Å². The van der Waals surface area contributed by atoms with Crippen molar-refractivity contribution in [1.29, 1.82) is 0 Å². The SMILES string of the molecule is CCc1c(C(C)CN)ccc(OC)c1OC. The molecule has 0 aliphatic heterocycles. The van der Waals surface area contributed by atoms with E-state index in [-0.39, 0.29) is 0 Å². The molecule has 1 aromatic carbocycles. The first-order chi connectivity index (χ1) is 7.69. The second kappa shape index (κ2) is 5.75. The molecule has 0 amide bonds. The number of rotatable bonds is 5. The predicted molar refractivity (Wildman–Crippen MR) is 66.4 cm³/mol. The molecule has 0 radical (unpaired) electrons. The highest BCUT2D eigenvalue weighted by atomic mass is 16.5. The fourth-order valence-electron chi connectivity index (χ4n) is 1.96. The zero-order valence-corrected chi connectivity index (χ0v) is 10.5. The molecule has 0 fully saturated rings. The second-order valence-corrected chi connectivity index (χ2v) is 3.86. The molecule has 0 saturated carbocycles. The third-order valence-corrected chi connectivity index (χ3v) is 2.92. The van der Waals surface area contributed by atoms with E-state index in [2.05, 4.69) is 19.9 Å². The van der Waals surface area contributed by atoms with Crippen LogP contribution in [0.15, 0.2) is 12.1 Å². The Balaban J connectivity index is 3.31. The minimum atomic E-state index is 0.342. The summed E-state index contributed by atoms with van der Waals surface area (Å²) in [7, 11) is 3.33. The molecule has 0 aromatic heterocycles. The maximum absolute atomic E-state index is 5.72. The van der Waals surface area contributed by atoms with Crippen molar-refractivity contribution in [3.63, 3.8) is 0 Å². The van der Waals surface area contributed by atoms with Crippen molar-refractivity contribution >= 4 is 0 Å². The molecule has 3 nitrogen and oxygen atoms in total. The van der Waals surface area contributed by atoms with Gasteiger partial charge in [0.15, 0.2) is 11.5 Å². The van der Waals surface area contributed by atoms with Gasteiger partial charge in [-0.05, 0) is 30.5 Å². The van der Waals surface area contributed by atoms with E-state index in [0.717, 1.165) is 17.9 Å². The fourth-order valence-corrected chi connectivity index (χ4v) is 1.96. The molecule has 0 aliphatic rings. The van der Waals surface area contributed by atoms with Crippen molar-refractivity contribution in [2.75, 3.05) is 20.8 Å². The number of methoxy groups -OCH3 is 2. The maximum atomic E-state index is 5.72. The molecule has 0 heterocycles. The van der Waals surface area contributed by atoms with Crippen LogP contribution in [0.5, 0.6) is 11.5 Å². The largest absolute Gasteiger partial charge is 0.493 e. The Hall–Kier alpha value is -1.22. The first kappa shape index (κ1) is 12.8. The van der Waals surface area contributed by atoms with E-state index in [1.807, 2.05) is 6.07 Å². The number of ether oxygens (including phenoxy) is 2. The van der Waals surface area contributed by atoms with Crippen LogP contribution < -0.4 is 15.2 Å². The monoisotopic (exact) mass is 223 g/mol. The van der Waals surface area contributed by atoms with Crippen LogP contribution >= 0.6 is 0 Å². The third kappa shape index (κ3) is 2.30. The Morgan fingerprint density at radius 1 is 1.25 bits per heavy atom. The molecule has 3 heteroatoms. The first-order valence-corrected chi connectivity index (χ1v) is 5.63. The maximum Gasteiger partial charge on any atom is 0.164 e. The normalized spacial score (nSPS) is 12.3. The van der Waals surface area contributed by atoms with Gasteiger partial charge in [0.2, 0.25) is 0 Å². The van der Waals surface area contributed by atoms with Gasteiger partial charge in [0.25, 0.3) is 0 Å². The lowest BCUT2D eigenvalue weighted by molar-refractivity contribution is 0.351. The smallest absolute Gasteiger partial charge is 0.164 e. The van der Waals surface area contributed by atoms with Gasteiger partial charge in [-0.15, -0.1) is 0 Å². The zero-order valence-electron chi connectivity index (χ0n) is 10.5. The van der Waals surface area contributed by atoms with Gasteiger partial charge in [0.1, 0.15) is 0 Å². The highest BCUT2D eigenvalue weighted by molar-refractivity contribution is 5.51. The van der Waals surface area contributed by atoms with Crippen molar-refractivity contribution in [3.05, 3.63) is 23.3 Å². The predicted octanol–water partition coefficient (Wildman–Crippen LogP) is 2.33. The molecule has 90 valence electrons. The first-order valence-electron chi connectivity index (χ1n) is 5.63. The lowest BCUT2D eigenvalue weighted by Crippen LogP contribution is -2.11. The van der Waals surface area contributed by atoms with Gasteiger partial charge >= 0.3 is 0 Å². The van der Waals surface area contributed by atoms with Crippen LogP contribution in [0.4, 0.5) is 0 Å². The molecule has 1 rings (SSSR count). The lowest BCUT2D eigenvalue weighted by Gasteiger charge is -2.19. The van der Waals surface area contributed by atoms with Crippen LogP contribution in [0.1, 0.15) is 30.9 Å². The van der Waals surface area contributed by atoms with Gasteiger partial charge in [-0.2, -0.15) is 0 Å². The Morgan fingerprint density at radius 3 is 2.38 bits per heavy atom. The summed E-state index contributed by atoms with van der Waals surface area (Å²) in [6.07, 6.45) is 0.917. The number of hydrogen-bond donors (Lipinski definition) is 1. The summed E-state index contributed by atoms with van der Waals surface area (Å²) in [6, 6.07) is 4.03. The molecule has 0 saturated heterocycles. The molecule has 16 heavy (non-hydrogen) atoms. The molecule has 1 atom stereocenters. The van der Waals surface area contributed by atoms with E-state index >= 15 is 0 Å². The lowest BCUT2D eigenvalue weighted by atomic mass is 9.93. The number of nitrogens with two attached hydrogens (primary N) is 1. The average molecular weight is 223 g/mol. The average Bonchev–Trinajstić information content (AvgIpc) is 2.35. The third-order valence-electron chi connectivity index (χ3n) is 2.92. The van der Waals surface area contributed by atoms with E-state index in [1.165, 1.54) is 11.1 Å². The Labute approximate surface area is 97.6 Å². The molecule has 0 aliphatic carbocycles. The van der Waals surface area contributed by atoms with E-state index in [1.54, 1.807) is 14.2 Å². The summed E-state index contributed by atoms with van der Waals surface area (Å²) in [5.41, 5.74) is 8.16. The number of benzene rings is 1. The molecule has 0 bridgehead atoms. The van der Waals surface area contributed by atoms with Crippen LogP contribution in [0.25, 0.3) is 0 Å². The van der Waals surface area contributed by atoms with Gasteiger partial charge < -0.3 is 15.2 Å². The van der Waals surface area contributed by atoms with Crippen molar-refractivity contribution < 1.29 is 9.47 Å². The fraction of sp³-hybridized carbons (Fsp3) is 0.538. The van der Waals surface area contributed by atoms with Crippen molar-refractivity contribution in [3.8, 4) is 11.5 Å². The summed E-state index contributed by atoms with van der Waals surface area (Å²) in [4.78, 5) is 0. The summed E-state index contributed by atoms with van der Waals surface area (Å²) < 4.78 is 10.7. The molecule has 1 aromatic rings. The summed E-state index contributed by atoms with van der Waals surface area (Å²) in [5, 5.41) is 0.